The summed E-state index contributed by atoms with van der Waals surface area (Å²) < 4.78 is 37.2. The summed E-state index contributed by atoms with van der Waals surface area (Å²) in [6, 6.07) is 3.11. The van der Waals surface area contributed by atoms with Gasteiger partial charge in [-0.3, -0.25) is 15.1 Å². The summed E-state index contributed by atoms with van der Waals surface area (Å²) in [6.45, 7) is 0. The molecule has 2 N–H and O–H groups in total. The van der Waals surface area contributed by atoms with Crippen molar-refractivity contribution >= 4 is 11.5 Å². The molecule has 0 aliphatic rings. The summed E-state index contributed by atoms with van der Waals surface area (Å²) in [5, 5.41) is 10.9. The molecule has 0 aliphatic carbocycles. The highest BCUT2D eigenvalue weighted by Crippen LogP contribution is 2.34. The fourth-order valence-electron chi connectivity index (χ4n) is 1.59. The molecule has 0 atom stereocenters. The predicted molar refractivity (Wildman–Crippen MR) is 63.5 cm³/mol. The molecule has 0 fully saturated rings. The normalized spacial score (nSPS) is 11.3. The molecule has 2 aromatic heterocycles. The van der Waals surface area contributed by atoms with Gasteiger partial charge in [0.2, 0.25) is 5.82 Å². The molecule has 0 amide bonds. The van der Waals surface area contributed by atoms with Gasteiger partial charge in [-0.2, -0.15) is 13.2 Å². The van der Waals surface area contributed by atoms with Crippen molar-refractivity contribution in [3.8, 4) is 11.3 Å². The standard InChI is InChI=1S/C11H7F3N4O2/c12-11(13,14)6-1-2-8(17-5-6)7-3-4-16-10(15)9(7)18(19)20/h1-5H,(H2,15,16). The van der Waals surface area contributed by atoms with Gasteiger partial charge in [0, 0.05) is 12.4 Å². The third kappa shape index (κ3) is 2.51. The maximum atomic E-state index is 12.4. The molecule has 0 saturated carbocycles. The highest BCUT2D eigenvalue weighted by Gasteiger charge is 2.31. The second-order valence-electron chi connectivity index (χ2n) is 3.78. The number of halogens is 3. The number of hydrogen-bond donors (Lipinski definition) is 1. The van der Waals surface area contributed by atoms with Crippen LogP contribution in [-0.2, 0) is 6.18 Å². The molecular formula is C11H7F3N4O2. The summed E-state index contributed by atoms with van der Waals surface area (Å²) in [6.07, 6.45) is -2.69. The van der Waals surface area contributed by atoms with Gasteiger partial charge in [-0.15, -0.1) is 0 Å². The SMILES string of the molecule is Nc1nccc(-c2ccc(C(F)(F)F)cn2)c1[N+](=O)[O-]. The molecule has 0 aromatic carbocycles. The number of pyridine rings is 2. The van der Waals surface area contributed by atoms with Crippen molar-refractivity contribution in [2.24, 2.45) is 0 Å². The van der Waals surface area contributed by atoms with Gasteiger partial charge < -0.3 is 5.73 Å². The topological polar surface area (TPSA) is 94.9 Å². The highest BCUT2D eigenvalue weighted by atomic mass is 19.4. The number of rotatable bonds is 2. The van der Waals surface area contributed by atoms with Gasteiger partial charge in [-0.1, -0.05) is 0 Å². The second kappa shape index (κ2) is 4.76. The largest absolute Gasteiger partial charge is 0.417 e. The molecule has 0 spiro atoms. The van der Waals surface area contributed by atoms with Crippen LogP contribution in [-0.4, -0.2) is 14.9 Å². The van der Waals surface area contributed by atoms with Crippen LogP contribution >= 0.6 is 0 Å². The molecule has 6 nitrogen and oxygen atoms in total. The van der Waals surface area contributed by atoms with Gasteiger partial charge in [0.15, 0.2) is 0 Å². The Morgan fingerprint density at radius 1 is 1.20 bits per heavy atom. The molecule has 0 saturated heterocycles. The molecule has 2 rings (SSSR count). The monoisotopic (exact) mass is 284 g/mol. The minimum atomic E-state index is -4.52. The molecular weight excluding hydrogens is 277 g/mol. The van der Waals surface area contributed by atoms with E-state index in [9.17, 15) is 23.3 Å². The van der Waals surface area contributed by atoms with E-state index in [4.69, 9.17) is 5.73 Å². The van der Waals surface area contributed by atoms with Crippen molar-refractivity contribution in [3.63, 3.8) is 0 Å². The number of nitrogens with two attached hydrogens (primary N) is 1. The van der Waals surface area contributed by atoms with Gasteiger partial charge in [-0.05, 0) is 18.2 Å². The van der Waals surface area contributed by atoms with Crippen LogP contribution in [0.3, 0.4) is 0 Å². The number of nitrogen functional groups attached to an aromatic ring is 1. The van der Waals surface area contributed by atoms with Crippen molar-refractivity contribution < 1.29 is 18.1 Å². The van der Waals surface area contributed by atoms with E-state index in [-0.39, 0.29) is 17.1 Å². The van der Waals surface area contributed by atoms with Crippen LogP contribution in [0.5, 0.6) is 0 Å². The number of nitrogens with zero attached hydrogens (tertiary/aromatic N) is 3. The average molecular weight is 284 g/mol. The van der Waals surface area contributed by atoms with Crippen LogP contribution in [0.4, 0.5) is 24.7 Å². The summed E-state index contributed by atoms with van der Waals surface area (Å²) >= 11 is 0. The molecule has 0 bridgehead atoms. The number of nitro groups is 1. The Morgan fingerprint density at radius 2 is 1.90 bits per heavy atom. The van der Waals surface area contributed by atoms with Crippen LogP contribution in [0, 0.1) is 10.1 Å². The van der Waals surface area contributed by atoms with E-state index < -0.39 is 22.4 Å². The Hall–Kier alpha value is -2.71. The van der Waals surface area contributed by atoms with E-state index in [0.29, 0.717) is 6.20 Å². The summed E-state index contributed by atoms with van der Waals surface area (Å²) in [5.74, 6) is -0.325. The number of alkyl halides is 3. The minimum Gasteiger partial charge on any atom is -0.378 e. The van der Waals surface area contributed by atoms with Gasteiger partial charge >= 0.3 is 11.9 Å². The quantitative estimate of drug-likeness (QED) is 0.675. The fourth-order valence-corrected chi connectivity index (χ4v) is 1.59. The molecule has 0 radical (unpaired) electrons. The lowest BCUT2D eigenvalue weighted by Crippen LogP contribution is -2.06. The first-order valence-electron chi connectivity index (χ1n) is 5.23. The lowest BCUT2D eigenvalue weighted by molar-refractivity contribution is -0.383. The van der Waals surface area contributed by atoms with Crippen LogP contribution in [0.15, 0.2) is 30.6 Å². The first kappa shape index (κ1) is 13.7. The Balaban J connectivity index is 2.53. The molecule has 20 heavy (non-hydrogen) atoms. The predicted octanol–water partition coefficient (Wildman–Crippen LogP) is 2.65. The van der Waals surface area contributed by atoms with E-state index in [1.54, 1.807) is 0 Å². The van der Waals surface area contributed by atoms with Crippen molar-refractivity contribution in [1.82, 2.24) is 9.97 Å². The lowest BCUT2D eigenvalue weighted by Gasteiger charge is -2.07. The zero-order chi connectivity index (χ0) is 14.9. The molecule has 0 unspecified atom stereocenters. The zero-order valence-electron chi connectivity index (χ0n) is 9.76. The first-order valence-corrected chi connectivity index (χ1v) is 5.23. The van der Waals surface area contributed by atoms with Gasteiger partial charge in [0.25, 0.3) is 0 Å². The Kier molecular flexibility index (Phi) is 3.26. The fraction of sp³-hybridized carbons (Fsp3) is 0.0909. The van der Waals surface area contributed by atoms with Crippen LogP contribution in [0.25, 0.3) is 11.3 Å². The zero-order valence-corrected chi connectivity index (χ0v) is 9.76. The van der Waals surface area contributed by atoms with Gasteiger partial charge in [0.1, 0.15) is 0 Å². The molecule has 0 aliphatic heterocycles. The summed E-state index contributed by atoms with van der Waals surface area (Å²) in [4.78, 5) is 17.3. The number of aromatic nitrogens is 2. The van der Waals surface area contributed by atoms with E-state index in [1.165, 1.54) is 12.3 Å². The smallest absolute Gasteiger partial charge is 0.378 e. The highest BCUT2D eigenvalue weighted by molar-refractivity contribution is 5.76. The maximum absolute atomic E-state index is 12.4. The van der Waals surface area contributed by atoms with Crippen molar-refractivity contribution in [3.05, 3.63) is 46.3 Å². The van der Waals surface area contributed by atoms with E-state index in [2.05, 4.69) is 9.97 Å². The molecule has 9 heteroatoms. The van der Waals surface area contributed by atoms with Crippen molar-refractivity contribution in [1.29, 1.82) is 0 Å². The Bertz CT molecular complexity index is 656. The summed E-state index contributed by atoms with van der Waals surface area (Å²) in [5.41, 5.74) is 4.00. The molecule has 104 valence electrons. The van der Waals surface area contributed by atoms with Gasteiger partial charge in [0.05, 0.1) is 21.7 Å². The maximum Gasteiger partial charge on any atom is 0.417 e. The van der Waals surface area contributed by atoms with Crippen LogP contribution < -0.4 is 5.73 Å². The third-order valence-corrected chi connectivity index (χ3v) is 2.50. The van der Waals surface area contributed by atoms with Crippen molar-refractivity contribution in [2.45, 2.75) is 6.18 Å². The Morgan fingerprint density at radius 3 is 2.40 bits per heavy atom. The van der Waals surface area contributed by atoms with Crippen LogP contribution in [0.2, 0.25) is 0 Å². The average Bonchev–Trinajstić information content (AvgIpc) is 2.37. The number of anilines is 1. The molecule has 2 heterocycles. The minimum absolute atomic E-state index is 0.0104. The first-order chi connectivity index (χ1) is 9.30. The lowest BCUT2D eigenvalue weighted by atomic mass is 10.1. The van der Waals surface area contributed by atoms with Gasteiger partial charge in [-0.25, -0.2) is 4.98 Å². The van der Waals surface area contributed by atoms with E-state index >= 15 is 0 Å². The Labute approximate surface area is 110 Å². The number of hydrogen-bond acceptors (Lipinski definition) is 5. The van der Waals surface area contributed by atoms with E-state index in [0.717, 1.165) is 12.1 Å². The second-order valence-corrected chi connectivity index (χ2v) is 3.78. The van der Waals surface area contributed by atoms with Crippen molar-refractivity contribution in [2.75, 3.05) is 5.73 Å². The third-order valence-electron chi connectivity index (χ3n) is 2.50. The van der Waals surface area contributed by atoms with Crippen LogP contribution in [0.1, 0.15) is 5.56 Å². The molecule has 2 aromatic rings. The van der Waals surface area contributed by atoms with E-state index in [1.807, 2.05) is 0 Å². The summed E-state index contributed by atoms with van der Waals surface area (Å²) in [7, 11) is 0.